The van der Waals surface area contributed by atoms with E-state index < -0.39 is 23.7 Å². The fourth-order valence-corrected chi connectivity index (χ4v) is 4.89. The number of hydrogen-bond acceptors (Lipinski definition) is 4. The summed E-state index contributed by atoms with van der Waals surface area (Å²) in [6, 6.07) is 13.6. The molecule has 33 heavy (non-hydrogen) atoms. The van der Waals surface area contributed by atoms with E-state index in [0.717, 1.165) is 48.7 Å². The quantitative estimate of drug-likeness (QED) is 0.358. The van der Waals surface area contributed by atoms with Gasteiger partial charge in [-0.05, 0) is 36.0 Å². The molecule has 3 aromatic rings. The molecule has 2 aromatic carbocycles. The van der Waals surface area contributed by atoms with Crippen molar-refractivity contribution in [3.63, 3.8) is 0 Å². The van der Waals surface area contributed by atoms with Crippen molar-refractivity contribution in [3.05, 3.63) is 71.4 Å². The number of fused-ring (bicyclic) bond motifs is 1. The maximum Gasteiger partial charge on any atom is 0.326 e. The number of aliphatic carboxylic acids is 1. The molecule has 1 aromatic heterocycles. The average molecular weight is 448 g/mol. The molecule has 0 radical (unpaired) electrons. The maximum atomic E-state index is 13.6. The number of hydrogen-bond donors (Lipinski definition) is 3. The van der Waals surface area contributed by atoms with Crippen molar-refractivity contribution in [2.45, 2.75) is 51.2 Å². The second-order valence-electron chi connectivity index (χ2n) is 8.72. The predicted octanol–water partition coefficient (Wildman–Crippen LogP) is 3.87. The Morgan fingerprint density at radius 3 is 2.48 bits per heavy atom. The molecule has 7 heteroatoms. The number of nitrogens with zero attached hydrogens (tertiary/aromatic N) is 1. The molecule has 1 unspecified atom stereocenters. The first-order valence-corrected chi connectivity index (χ1v) is 11.4. The van der Waals surface area contributed by atoms with Crippen LogP contribution < -0.4 is 5.73 Å². The number of para-hydroxylation sites is 1. The van der Waals surface area contributed by atoms with Crippen LogP contribution in [0.25, 0.3) is 10.9 Å². The monoisotopic (exact) mass is 447 g/mol. The van der Waals surface area contributed by atoms with E-state index in [-0.39, 0.29) is 18.0 Å². The molecule has 0 aliphatic heterocycles. The lowest BCUT2D eigenvalue weighted by Crippen LogP contribution is -2.51. The summed E-state index contributed by atoms with van der Waals surface area (Å²) in [6.45, 7) is 0.370. The number of carboxylic acid groups (broad SMARTS) is 1. The first kappa shape index (κ1) is 22.7. The molecule has 1 aliphatic rings. The molecule has 0 bridgehead atoms. The lowest BCUT2D eigenvalue weighted by Gasteiger charge is -2.36. The summed E-state index contributed by atoms with van der Waals surface area (Å²) >= 11 is 0. The van der Waals surface area contributed by atoms with E-state index in [1.54, 1.807) is 12.1 Å². The van der Waals surface area contributed by atoms with Gasteiger partial charge in [-0.1, -0.05) is 61.7 Å². The summed E-state index contributed by atoms with van der Waals surface area (Å²) in [5.41, 5.74) is 8.40. The first-order chi connectivity index (χ1) is 16.0. The summed E-state index contributed by atoms with van der Waals surface area (Å²) in [5, 5.41) is 10.8. The van der Waals surface area contributed by atoms with E-state index in [1.807, 2.05) is 36.4 Å². The van der Waals surface area contributed by atoms with Crippen molar-refractivity contribution in [2.24, 2.45) is 11.7 Å². The van der Waals surface area contributed by atoms with Crippen molar-refractivity contribution < 1.29 is 19.5 Å². The molecule has 7 nitrogen and oxygen atoms in total. The number of ketones is 1. The third kappa shape index (κ3) is 4.83. The van der Waals surface area contributed by atoms with Crippen LogP contribution in [0, 0.1) is 5.92 Å². The zero-order chi connectivity index (χ0) is 23.4. The largest absolute Gasteiger partial charge is 0.480 e. The molecule has 1 heterocycles. The number of aromatic amines is 1. The SMILES string of the molecule is NCc1cccc(CN(C(=O)C(=O)c2c[nH]c3ccccc23)C(C(=O)O)C2CCCCC2)c1. The number of carboxylic acids is 1. The summed E-state index contributed by atoms with van der Waals surface area (Å²) in [5.74, 6) is -2.76. The van der Waals surface area contributed by atoms with Gasteiger partial charge in [0.15, 0.2) is 0 Å². The van der Waals surface area contributed by atoms with Crippen molar-refractivity contribution >= 4 is 28.6 Å². The van der Waals surface area contributed by atoms with Crippen LogP contribution in [0.2, 0.25) is 0 Å². The van der Waals surface area contributed by atoms with E-state index in [2.05, 4.69) is 4.98 Å². The van der Waals surface area contributed by atoms with Gasteiger partial charge in [-0.15, -0.1) is 0 Å². The van der Waals surface area contributed by atoms with Gasteiger partial charge < -0.3 is 20.7 Å². The highest BCUT2D eigenvalue weighted by Gasteiger charge is 2.39. The number of carbonyl (C=O) groups is 3. The minimum absolute atomic E-state index is 0.0359. The molecule has 1 atom stereocenters. The van der Waals surface area contributed by atoms with Crippen LogP contribution in [0.3, 0.4) is 0 Å². The minimum Gasteiger partial charge on any atom is -0.480 e. The molecule has 0 spiro atoms. The Bertz CT molecular complexity index is 1160. The normalized spacial score (nSPS) is 15.3. The number of nitrogens with two attached hydrogens (primary N) is 1. The van der Waals surface area contributed by atoms with Crippen LogP contribution in [-0.4, -0.2) is 38.7 Å². The fraction of sp³-hybridized carbons (Fsp3) is 0.346. The van der Waals surface area contributed by atoms with Crippen molar-refractivity contribution in [2.75, 3.05) is 0 Å². The van der Waals surface area contributed by atoms with Gasteiger partial charge in [-0.25, -0.2) is 4.79 Å². The van der Waals surface area contributed by atoms with Gasteiger partial charge in [-0.3, -0.25) is 9.59 Å². The summed E-state index contributed by atoms with van der Waals surface area (Å²) in [7, 11) is 0. The molecule has 0 saturated heterocycles. The third-order valence-corrected chi connectivity index (χ3v) is 6.55. The van der Waals surface area contributed by atoms with Crippen LogP contribution in [0.4, 0.5) is 0 Å². The number of nitrogens with one attached hydrogen (secondary N) is 1. The second-order valence-corrected chi connectivity index (χ2v) is 8.72. The van der Waals surface area contributed by atoms with E-state index >= 15 is 0 Å². The van der Waals surface area contributed by atoms with Gasteiger partial charge in [-0.2, -0.15) is 0 Å². The Hall–Kier alpha value is -3.45. The van der Waals surface area contributed by atoms with Crippen molar-refractivity contribution in [1.82, 2.24) is 9.88 Å². The second kappa shape index (κ2) is 10.0. The third-order valence-electron chi connectivity index (χ3n) is 6.55. The fourth-order valence-electron chi connectivity index (χ4n) is 4.89. The lowest BCUT2D eigenvalue weighted by molar-refractivity contribution is -0.152. The van der Waals surface area contributed by atoms with Gasteiger partial charge in [0, 0.05) is 30.2 Å². The van der Waals surface area contributed by atoms with E-state index in [0.29, 0.717) is 11.9 Å². The molecule has 172 valence electrons. The first-order valence-electron chi connectivity index (χ1n) is 11.4. The van der Waals surface area contributed by atoms with Gasteiger partial charge in [0.05, 0.1) is 5.56 Å². The molecule has 1 saturated carbocycles. The van der Waals surface area contributed by atoms with Crippen LogP contribution in [0.5, 0.6) is 0 Å². The Morgan fingerprint density at radius 2 is 1.76 bits per heavy atom. The van der Waals surface area contributed by atoms with Crippen molar-refractivity contribution in [1.29, 1.82) is 0 Å². The van der Waals surface area contributed by atoms with Crippen LogP contribution in [0.15, 0.2) is 54.7 Å². The molecular formula is C26H29N3O4. The van der Waals surface area contributed by atoms with Crippen LogP contribution in [-0.2, 0) is 22.7 Å². The summed E-state index contributed by atoms with van der Waals surface area (Å²) in [4.78, 5) is 43.7. The Balaban J connectivity index is 1.72. The Labute approximate surface area is 192 Å². The van der Waals surface area contributed by atoms with Crippen molar-refractivity contribution in [3.8, 4) is 0 Å². The summed E-state index contributed by atoms with van der Waals surface area (Å²) < 4.78 is 0. The highest BCUT2D eigenvalue weighted by atomic mass is 16.4. The number of H-pyrrole nitrogens is 1. The van der Waals surface area contributed by atoms with E-state index in [4.69, 9.17) is 5.73 Å². The van der Waals surface area contributed by atoms with Gasteiger partial charge in [0.1, 0.15) is 6.04 Å². The van der Waals surface area contributed by atoms with Crippen LogP contribution in [0.1, 0.15) is 53.6 Å². The zero-order valence-electron chi connectivity index (χ0n) is 18.5. The highest BCUT2D eigenvalue weighted by molar-refractivity contribution is 6.45. The topological polar surface area (TPSA) is 116 Å². The van der Waals surface area contributed by atoms with Crippen LogP contribution >= 0.6 is 0 Å². The number of rotatable bonds is 8. The maximum absolute atomic E-state index is 13.6. The Morgan fingerprint density at radius 1 is 1.03 bits per heavy atom. The zero-order valence-corrected chi connectivity index (χ0v) is 18.5. The minimum atomic E-state index is -1.07. The van der Waals surface area contributed by atoms with Gasteiger partial charge in [0.25, 0.3) is 11.7 Å². The highest BCUT2D eigenvalue weighted by Crippen LogP contribution is 2.31. The number of benzene rings is 2. The number of carbonyl (C=O) groups excluding carboxylic acids is 2. The number of aromatic nitrogens is 1. The predicted molar refractivity (Wildman–Crippen MR) is 126 cm³/mol. The molecule has 4 N–H and O–H groups in total. The lowest BCUT2D eigenvalue weighted by atomic mass is 9.82. The average Bonchev–Trinajstić information content (AvgIpc) is 3.27. The van der Waals surface area contributed by atoms with Gasteiger partial charge in [0.2, 0.25) is 0 Å². The smallest absolute Gasteiger partial charge is 0.326 e. The molecule has 1 aliphatic carbocycles. The molecular weight excluding hydrogens is 418 g/mol. The standard InChI is InChI=1S/C26H29N3O4/c27-14-17-7-6-8-18(13-17)16-29(23(26(32)33)19-9-2-1-3-10-19)25(31)24(30)21-15-28-22-12-5-4-11-20(21)22/h4-8,11-13,15,19,23,28H,1-3,9-10,14,16,27H2,(H,32,33). The number of amides is 1. The summed E-state index contributed by atoms with van der Waals surface area (Å²) in [6.07, 6.45) is 5.89. The van der Waals surface area contributed by atoms with E-state index in [9.17, 15) is 19.5 Å². The van der Waals surface area contributed by atoms with E-state index in [1.165, 1.54) is 11.1 Å². The molecule has 1 fully saturated rings. The number of Topliss-reactive ketones (excluding diaryl/α,β-unsaturated/α-hetero) is 1. The molecule has 4 rings (SSSR count). The van der Waals surface area contributed by atoms with Gasteiger partial charge >= 0.3 is 5.97 Å². The molecule has 1 amide bonds. The Kier molecular flexibility index (Phi) is 6.89.